The summed E-state index contributed by atoms with van der Waals surface area (Å²) >= 11 is 0. The van der Waals surface area contributed by atoms with Crippen LogP contribution in [0.1, 0.15) is 26.2 Å². The van der Waals surface area contributed by atoms with Gasteiger partial charge in [0, 0.05) is 5.41 Å². The van der Waals surface area contributed by atoms with E-state index in [0.717, 1.165) is 39.1 Å². The summed E-state index contributed by atoms with van der Waals surface area (Å²) in [4.78, 5) is 13.1. The Hall–Kier alpha value is -0.610. The summed E-state index contributed by atoms with van der Waals surface area (Å²) < 4.78 is 5.25. The number of carboxylic acid groups (broad SMARTS) is 1. The number of aliphatic carboxylic acids is 1. The van der Waals surface area contributed by atoms with Gasteiger partial charge in [-0.05, 0) is 32.4 Å². The van der Waals surface area contributed by atoms with Crippen LogP contribution in [0.3, 0.4) is 0 Å². The Kier molecular flexibility index (Phi) is 2.98. The van der Waals surface area contributed by atoms with Crippen LogP contribution in [0.15, 0.2) is 0 Å². The third-order valence-electron chi connectivity index (χ3n) is 3.79. The first-order chi connectivity index (χ1) is 7.17. The van der Waals surface area contributed by atoms with E-state index in [-0.39, 0.29) is 6.04 Å². The molecule has 1 atom stereocenters. The molecule has 0 bridgehead atoms. The van der Waals surface area contributed by atoms with Crippen molar-refractivity contribution >= 4 is 5.97 Å². The minimum atomic E-state index is -0.682. The summed E-state index contributed by atoms with van der Waals surface area (Å²) in [5.74, 6) is -0.682. The third kappa shape index (κ3) is 2.01. The summed E-state index contributed by atoms with van der Waals surface area (Å²) in [7, 11) is 0. The highest BCUT2D eigenvalue weighted by Gasteiger charge is 2.42. The van der Waals surface area contributed by atoms with Crippen molar-refractivity contribution in [1.82, 2.24) is 4.90 Å². The standard InChI is InChI=1S/C11H19NO3/c1-2-9(10(13)14)12-5-3-11(4-6-12)7-15-8-11/h9H,2-8H2,1H3,(H,13,14)/t9-/m0/s1. The minimum Gasteiger partial charge on any atom is -0.480 e. The zero-order valence-electron chi connectivity index (χ0n) is 9.24. The number of rotatable bonds is 3. The Morgan fingerprint density at radius 3 is 2.40 bits per heavy atom. The van der Waals surface area contributed by atoms with Crippen LogP contribution in [-0.4, -0.2) is 48.3 Å². The number of nitrogens with zero attached hydrogens (tertiary/aromatic N) is 1. The largest absolute Gasteiger partial charge is 0.480 e. The molecule has 0 saturated carbocycles. The smallest absolute Gasteiger partial charge is 0.320 e. The second-order valence-corrected chi connectivity index (χ2v) is 4.79. The SMILES string of the molecule is CC[C@@H](C(=O)O)N1CCC2(CC1)COC2. The van der Waals surface area contributed by atoms with Crippen molar-refractivity contribution in [2.75, 3.05) is 26.3 Å². The number of hydrogen-bond acceptors (Lipinski definition) is 3. The van der Waals surface area contributed by atoms with Crippen molar-refractivity contribution in [3.63, 3.8) is 0 Å². The second-order valence-electron chi connectivity index (χ2n) is 4.79. The minimum absolute atomic E-state index is 0.289. The Morgan fingerprint density at radius 1 is 1.47 bits per heavy atom. The quantitative estimate of drug-likeness (QED) is 0.758. The molecule has 4 nitrogen and oxygen atoms in total. The lowest BCUT2D eigenvalue weighted by atomic mass is 9.76. The summed E-state index contributed by atoms with van der Waals surface area (Å²) in [6, 6.07) is -0.289. The fourth-order valence-corrected chi connectivity index (χ4v) is 2.58. The fraction of sp³-hybridized carbons (Fsp3) is 0.909. The highest BCUT2D eigenvalue weighted by Crippen LogP contribution is 2.38. The summed E-state index contributed by atoms with van der Waals surface area (Å²) in [5.41, 5.74) is 0.396. The number of carbonyl (C=O) groups is 1. The lowest BCUT2D eigenvalue weighted by molar-refractivity contribution is -0.155. The van der Waals surface area contributed by atoms with Crippen molar-refractivity contribution in [3.05, 3.63) is 0 Å². The lowest BCUT2D eigenvalue weighted by Crippen LogP contribution is -2.54. The summed E-state index contributed by atoms with van der Waals surface area (Å²) in [6.07, 6.45) is 2.88. The van der Waals surface area contributed by atoms with Gasteiger partial charge in [-0.25, -0.2) is 0 Å². The monoisotopic (exact) mass is 213 g/mol. The highest BCUT2D eigenvalue weighted by atomic mass is 16.5. The first kappa shape index (κ1) is 10.9. The van der Waals surface area contributed by atoms with Gasteiger partial charge in [0.2, 0.25) is 0 Å². The molecule has 0 aromatic carbocycles. The molecule has 2 aliphatic heterocycles. The molecule has 4 heteroatoms. The molecule has 1 N–H and O–H groups in total. The molecule has 0 unspecified atom stereocenters. The van der Waals surface area contributed by atoms with Gasteiger partial charge >= 0.3 is 5.97 Å². The molecule has 2 saturated heterocycles. The lowest BCUT2D eigenvalue weighted by Gasteiger charge is -2.48. The predicted molar refractivity (Wildman–Crippen MR) is 55.8 cm³/mol. The van der Waals surface area contributed by atoms with Gasteiger partial charge in [-0.2, -0.15) is 0 Å². The molecule has 86 valence electrons. The number of carboxylic acids is 1. The van der Waals surface area contributed by atoms with Crippen LogP contribution in [0.5, 0.6) is 0 Å². The number of ether oxygens (including phenoxy) is 1. The molecule has 0 aliphatic carbocycles. The number of hydrogen-bond donors (Lipinski definition) is 1. The van der Waals surface area contributed by atoms with E-state index in [2.05, 4.69) is 4.90 Å². The number of piperidine rings is 1. The topological polar surface area (TPSA) is 49.8 Å². The first-order valence-corrected chi connectivity index (χ1v) is 5.71. The number of likely N-dealkylation sites (tertiary alicyclic amines) is 1. The summed E-state index contributed by atoms with van der Waals surface area (Å²) in [6.45, 7) is 5.52. The Morgan fingerprint density at radius 2 is 2.07 bits per heavy atom. The predicted octanol–water partition coefficient (Wildman–Crippen LogP) is 0.962. The van der Waals surface area contributed by atoms with E-state index in [1.165, 1.54) is 0 Å². The maximum absolute atomic E-state index is 11.0. The van der Waals surface area contributed by atoms with Crippen LogP contribution in [-0.2, 0) is 9.53 Å². The van der Waals surface area contributed by atoms with Gasteiger partial charge in [-0.3, -0.25) is 9.69 Å². The molecule has 0 aromatic heterocycles. The molecule has 2 fully saturated rings. The molecule has 2 aliphatic rings. The Labute approximate surface area is 90.2 Å². The van der Waals surface area contributed by atoms with E-state index in [1.807, 2.05) is 6.92 Å². The van der Waals surface area contributed by atoms with Gasteiger partial charge in [0.1, 0.15) is 6.04 Å². The van der Waals surface area contributed by atoms with E-state index < -0.39 is 5.97 Å². The molecule has 0 aromatic rings. The van der Waals surface area contributed by atoms with Crippen LogP contribution in [0.2, 0.25) is 0 Å². The van der Waals surface area contributed by atoms with Crippen molar-refractivity contribution in [2.24, 2.45) is 5.41 Å². The average Bonchev–Trinajstić information content (AvgIpc) is 2.17. The van der Waals surface area contributed by atoms with Crippen LogP contribution in [0.4, 0.5) is 0 Å². The van der Waals surface area contributed by atoms with Crippen molar-refractivity contribution < 1.29 is 14.6 Å². The van der Waals surface area contributed by atoms with Gasteiger partial charge in [0.05, 0.1) is 13.2 Å². The zero-order valence-corrected chi connectivity index (χ0v) is 9.24. The maximum atomic E-state index is 11.0. The zero-order chi connectivity index (χ0) is 10.9. The van der Waals surface area contributed by atoms with Gasteiger partial charge in [-0.1, -0.05) is 6.92 Å². The van der Waals surface area contributed by atoms with Gasteiger partial charge < -0.3 is 9.84 Å². The molecule has 2 heterocycles. The molecule has 0 amide bonds. The van der Waals surface area contributed by atoms with Crippen molar-refractivity contribution in [3.8, 4) is 0 Å². The van der Waals surface area contributed by atoms with Crippen molar-refractivity contribution in [2.45, 2.75) is 32.2 Å². The average molecular weight is 213 g/mol. The highest BCUT2D eigenvalue weighted by molar-refractivity contribution is 5.73. The van der Waals surface area contributed by atoms with Crippen LogP contribution < -0.4 is 0 Å². The molecule has 0 radical (unpaired) electrons. The Balaban J connectivity index is 1.89. The van der Waals surface area contributed by atoms with E-state index >= 15 is 0 Å². The Bertz CT molecular complexity index is 240. The van der Waals surface area contributed by atoms with Gasteiger partial charge in [0.15, 0.2) is 0 Å². The van der Waals surface area contributed by atoms with Crippen molar-refractivity contribution in [1.29, 1.82) is 0 Å². The molecule has 1 spiro atoms. The normalized spacial score (nSPS) is 27.3. The molecule has 15 heavy (non-hydrogen) atoms. The van der Waals surface area contributed by atoms with Gasteiger partial charge in [-0.15, -0.1) is 0 Å². The summed E-state index contributed by atoms with van der Waals surface area (Å²) in [5, 5.41) is 9.06. The van der Waals surface area contributed by atoms with Crippen LogP contribution in [0, 0.1) is 5.41 Å². The van der Waals surface area contributed by atoms with Gasteiger partial charge in [0.25, 0.3) is 0 Å². The van der Waals surface area contributed by atoms with E-state index in [9.17, 15) is 4.79 Å². The molecular formula is C11H19NO3. The second kappa shape index (κ2) is 4.10. The van der Waals surface area contributed by atoms with E-state index in [0.29, 0.717) is 11.8 Å². The molecular weight excluding hydrogens is 194 g/mol. The van der Waals surface area contributed by atoms with Crippen LogP contribution >= 0.6 is 0 Å². The van der Waals surface area contributed by atoms with Crippen LogP contribution in [0.25, 0.3) is 0 Å². The first-order valence-electron chi connectivity index (χ1n) is 5.71. The third-order valence-corrected chi connectivity index (χ3v) is 3.79. The maximum Gasteiger partial charge on any atom is 0.320 e. The fourth-order valence-electron chi connectivity index (χ4n) is 2.58. The van der Waals surface area contributed by atoms with E-state index in [1.54, 1.807) is 0 Å². The van der Waals surface area contributed by atoms with E-state index in [4.69, 9.17) is 9.84 Å². The molecule has 2 rings (SSSR count).